The number of hydrogen-bond acceptors (Lipinski definition) is 3. The van der Waals surface area contributed by atoms with E-state index in [1.54, 1.807) is 4.68 Å². The number of halogens is 1. The zero-order valence-electron chi connectivity index (χ0n) is 17.2. The largest absolute Gasteiger partial charge is 0.358 e. The van der Waals surface area contributed by atoms with Crippen LogP contribution in [0.3, 0.4) is 0 Å². The Morgan fingerprint density at radius 2 is 1.58 bits per heavy atom. The second-order valence-corrected chi connectivity index (χ2v) is 12.5. The van der Waals surface area contributed by atoms with Crippen LogP contribution in [0, 0.1) is 24.3 Å². The molecule has 0 spiro atoms. The average molecular weight is 558 g/mol. The van der Waals surface area contributed by atoms with E-state index in [9.17, 15) is 4.89 Å². The van der Waals surface area contributed by atoms with Gasteiger partial charge in [-0.15, -0.1) is 0 Å². The Morgan fingerprint density at radius 3 is 2.26 bits per heavy atom. The maximum absolute atomic E-state index is 11.9. The second kappa shape index (κ2) is 7.52. The number of para-hydroxylation sites is 1. The lowest BCUT2D eigenvalue weighted by molar-refractivity contribution is 0.642. The third-order valence-corrected chi connectivity index (χ3v) is 9.79. The van der Waals surface area contributed by atoms with Gasteiger partial charge in [0.1, 0.15) is 6.26 Å². The van der Waals surface area contributed by atoms with Gasteiger partial charge in [-0.25, -0.2) is 9.67 Å². The van der Waals surface area contributed by atoms with Crippen molar-refractivity contribution in [3.63, 3.8) is 0 Å². The minimum atomic E-state index is -3.12. The van der Waals surface area contributed by atoms with Crippen LogP contribution < -0.4 is 10.6 Å². The Balaban J connectivity index is 1.78. The molecule has 2 aromatic carbocycles. The van der Waals surface area contributed by atoms with Gasteiger partial charge in [-0.2, -0.15) is 5.10 Å². The molecule has 5 nitrogen and oxygen atoms in total. The Hall–Kier alpha value is -2.06. The normalized spacial score (nSPS) is 17.3. The van der Waals surface area contributed by atoms with Crippen molar-refractivity contribution in [1.82, 2.24) is 14.3 Å². The molecule has 31 heavy (non-hydrogen) atoms. The fourth-order valence-corrected chi connectivity index (χ4v) is 8.23. The topological polar surface area (TPSA) is 55.3 Å². The monoisotopic (exact) mass is 558 g/mol. The minimum absolute atomic E-state index is 0.616. The number of rotatable bonds is 2. The summed E-state index contributed by atoms with van der Waals surface area (Å²) >= 11 is 8.29. The van der Waals surface area contributed by atoms with Crippen molar-refractivity contribution in [2.24, 2.45) is 4.99 Å². The molecule has 2 aromatic heterocycles. The molecule has 1 unspecified atom stereocenters. The van der Waals surface area contributed by atoms with E-state index in [1.807, 2.05) is 50.4 Å². The highest BCUT2D eigenvalue weighted by molar-refractivity contribution is 14.1. The van der Waals surface area contributed by atoms with E-state index in [4.69, 9.17) is 21.9 Å². The number of aryl methyl sites for hydroxylation is 1. The fourth-order valence-electron chi connectivity index (χ4n) is 4.32. The maximum atomic E-state index is 11.9. The molecule has 0 radical (unpaired) electrons. The molecule has 3 heterocycles. The van der Waals surface area contributed by atoms with E-state index in [-0.39, 0.29) is 0 Å². The van der Waals surface area contributed by atoms with Gasteiger partial charge < -0.3 is 9.46 Å². The summed E-state index contributed by atoms with van der Waals surface area (Å²) in [6.45, 7) is 5.97. The third-order valence-electron chi connectivity index (χ3n) is 5.67. The van der Waals surface area contributed by atoms with Crippen LogP contribution in [0.15, 0.2) is 59.6 Å². The number of benzene rings is 2. The molecule has 0 bridgehead atoms. The van der Waals surface area contributed by atoms with E-state index < -0.39 is 6.26 Å². The Labute approximate surface area is 199 Å². The zero-order chi connectivity index (χ0) is 21.9. The smallest absolute Gasteiger partial charge is 0.166 e. The first-order valence-electron chi connectivity index (χ1n) is 9.81. The maximum Gasteiger partial charge on any atom is 0.166 e. The van der Waals surface area contributed by atoms with Gasteiger partial charge in [0.25, 0.3) is 0 Å². The number of nitrogens with zero attached hydrogens (tertiary/aromatic N) is 4. The standard InChI is InChI=1S/C23H20IN4OPS/c1-14-21-23(28(26-14)19-7-5-4-6-8-19)25-13-20-15(2)27(16(3)22(20)30(21,29)31)18-11-9-17(24)10-12-18/h4-13H,1-3H3,(H,29,31). The van der Waals surface area contributed by atoms with Gasteiger partial charge >= 0.3 is 0 Å². The summed E-state index contributed by atoms with van der Waals surface area (Å²) in [7, 11) is 0. The summed E-state index contributed by atoms with van der Waals surface area (Å²) in [5.74, 6) is 0.616. The lowest BCUT2D eigenvalue weighted by Gasteiger charge is -2.17. The molecule has 0 saturated carbocycles. The molecule has 5 rings (SSSR count). The highest BCUT2D eigenvalue weighted by Gasteiger charge is 2.37. The Morgan fingerprint density at radius 1 is 0.903 bits per heavy atom. The quantitative estimate of drug-likeness (QED) is 0.289. The summed E-state index contributed by atoms with van der Waals surface area (Å²) < 4.78 is 5.11. The summed E-state index contributed by atoms with van der Waals surface area (Å²) in [5, 5.41) is 6.17. The van der Waals surface area contributed by atoms with Crippen molar-refractivity contribution in [1.29, 1.82) is 0 Å². The first kappa shape index (κ1) is 20.8. The minimum Gasteiger partial charge on any atom is -0.358 e. The van der Waals surface area contributed by atoms with Crippen molar-refractivity contribution < 1.29 is 4.89 Å². The highest BCUT2D eigenvalue weighted by Crippen LogP contribution is 2.48. The fraction of sp³-hybridized carbons (Fsp3) is 0.130. The molecule has 0 amide bonds. The van der Waals surface area contributed by atoms with Crippen LogP contribution in [0.2, 0.25) is 0 Å². The molecule has 1 aliphatic rings. The van der Waals surface area contributed by atoms with Crippen molar-refractivity contribution in [2.75, 3.05) is 0 Å². The summed E-state index contributed by atoms with van der Waals surface area (Å²) in [6, 6.07) is 18.2. The van der Waals surface area contributed by atoms with Crippen LogP contribution >= 0.6 is 28.9 Å². The number of hydrogen-bond donors (Lipinski definition) is 1. The molecular formula is C23H20IN4OPS. The van der Waals surface area contributed by atoms with Crippen molar-refractivity contribution >= 4 is 63.3 Å². The Kier molecular flexibility index (Phi) is 5.05. The van der Waals surface area contributed by atoms with Crippen molar-refractivity contribution in [3.05, 3.63) is 80.8 Å². The lowest BCUT2D eigenvalue weighted by Crippen LogP contribution is -2.19. The molecule has 0 saturated heterocycles. The van der Waals surface area contributed by atoms with Gasteiger partial charge in [-0.05, 0) is 79.8 Å². The third kappa shape index (κ3) is 3.18. The van der Waals surface area contributed by atoms with E-state index >= 15 is 0 Å². The predicted octanol–water partition coefficient (Wildman–Crippen LogP) is 4.59. The number of aromatic nitrogens is 3. The van der Waals surface area contributed by atoms with Gasteiger partial charge in [-0.1, -0.05) is 30.0 Å². The van der Waals surface area contributed by atoms with E-state index in [0.717, 1.165) is 33.6 Å². The van der Waals surface area contributed by atoms with Gasteiger partial charge in [0, 0.05) is 37.7 Å². The van der Waals surface area contributed by atoms with Crippen LogP contribution in [0.5, 0.6) is 0 Å². The number of aliphatic imine (C=N–C) groups is 1. The lowest BCUT2D eigenvalue weighted by atomic mass is 10.2. The number of fused-ring (bicyclic) bond motifs is 2. The van der Waals surface area contributed by atoms with Gasteiger partial charge in [0.15, 0.2) is 5.82 Å². The second-order valence-electron chi connectivity index (χ2n) is 7.58. The van der Waals surface area contributed by atoms with Crippen LogP contribution in [-0.2, 0) is 11.8 Å². The molecule has 0 fully saturated rings. The average Bonchev–Trinajstić information content (AvgIpc) is 3.17. The first-order chi connectivity index (χ1) is 14.8. The molecule has 1 N–H and O–H groups in total. The predicted molar refractivity (Wildman–Crippen MR) is 139 cm³/mol. The molecule has 1 aliphatic heterocycles. The molecule has 4 aromatic rings. The van der Waals surface area contributed by atoms with Crippen LogP contribution in [0.4, 0.5) is 5.82 Å². The van der Waals surface area contributed by atoms with Gasteiger partial charge in [0.05, 0.1) is 16.7 Å². The zero-order valence-corrected chi connectivity index (χ0v) is 21.1. The van der Waals surface area contributed by atoms with Gasteiger partial charge in [-0.3, -0.25) is 0 Å². The molecule has 156 valence electrons. The van der Waals surface area contributed by atoms with Gasteiger partial charge in [0.2, 0.25) is 0 Å². The van der Waals surface area contributed by atoms with Crippen LogP contribution in [0.1, 0.15) is 22.6 Å². The molecular weight excluding hydrogens is 538 g/mol. The summed E-state index contributed by atoms with van der Waals surface area (Å²) in [4.78, 5) is 16.7. The molecule has 1 atom stereocenters. The highest BCUT2D eigenvalue weighted by atomic mass is 127. The van der Waals surface area contributed by atoms with Crippen LogP contribution in [0.25, 0.3) is 11.4 Å². The van der Waals surface area contributed by atoms with E-state index in [2.05, 4.69) is 58.3 Å². The SMILES string of the molecule is Cc1nn(-c2ccccc2)c2c1P(O)(=S)c1c(c(C)n(-c3ccc(I)cc3)c1C)C=N2. The summed E-state index contributed by atoms with van der Waals surface area (Å²) in [6.07, 6.45) is -1.28. The van der Waals surface area contributed by atoms with Crippen molar-refractivity contribution in [3.8, 4) is 11.4 Å². The van der Waals surface area contributed by atoms with Crippen molar-refractivity contribution in [2.45, 2.75) is 20.8 Å². The van der Waals surface area contributed by atoms with E-state index in [0.29, 0.717) is 16.8 Å². The van der Waals surface area contributed by atoms with E-state index in [1.165, 1.54) is 3.57 Å². The Bertz CT molecular complexity index is 1400. The molecule has 8 heteroatoms. The summed E-state index contributed by atoms with van der Waals surface area (Å²) in [5.41, 5.74) is 5.52. The first-order valence-corrected chi connectivity index (χ1v) is 13.6. The molecule has 0 aliphatic carbocycles. The van der Waals surface area contributed by atoms with Crippen LogP contribution in [-0.4, -0.2) is 25.5 Å².